The van der Waals surface area contributed by atoms with E-state index in [2.05, 4.69) is 15.8 Å². The first-order valence-electron chi connectivity index (χ1n) is 9.30. The maximum atomic E-state index is 12.2. The summed E-state index contributed by atoms with van der Waals surface area (Å²) in [5.41, 5.74) is 8.32. The van der Waals surface area contributed by atoms with Gasteiger partial charge in [0.1, 0.15) is 0 Å². The third kappa shape index (κ3) is 5.44. The zero-order chi connectivity index (χ0) is 20.8. The predicted molar refractivity (Wildman–Crippen MR) is 111 cm³/mol. The lowest BCUT2D eigenvalue weighted by molar-refractivity contribution is -0.121. The summed E-state index contributed by atoms with van der Waals surface area (Å²) in [7, 11) is 3.79. The number of rotatable bonds is 6. The number of amides is 2. The van der Waals surface area contributed by atoms with Crippen molar-refractivity contribution in [1.82, 2.24) is 15.8 Å². The molecule has 1 heterocycles. The minimum Gasteiger partial charge on any atom is -0.441 e. The van der Waals surface area contributed by atoms with Crippen LogP contribution in [0, 0.1) is 6.92 Å². The molecule has 2 aromatic carbocycles. The number of aryl methyl sites for hydroxylation is 2. The van der Waals surface area contributed by atoms with Crippen LogP contribution in [0.5, 0.6) is 0 Å². The second kappa shape index (κ2) is 9.05. The first kappa shape index (κ1) is 20.1. The summed E-state index contributed by atoms with van der Waals surface area (Å²) in [4.78, 5) is 30.4. The highest BCUT2D eigenvalue weighted by atomic mass is 16.4. The van der Waals surface area contributed by atoms with Crippen molar-refractivity contribution in [2.24, 2.45) is 0 Å². The number of hydrogen-bond acceptors (Lipinski definition) is 5. The Hall–Kier alpha value is -3.61. The third-order valence-electron chi connectivity index (χ3n) is 4.40. The van der Waals surface area contributed by atoms with E-state index in [0.717, 1.165) is 11.3 Å². The topological polar surface area (TPSA) is 87.5 Å². The number of nitrogens with one attached hydrogen (secondary N) is 2. The van der Waals surface area contributed by atoms with Gasteiger partial charge < -0.3 is 9.32 Å². The minimum atomic E-state index is -0.375. The van der Waals surface area contributed by atoms with Crippen molar-refractivity contribution in [2.45, 2.75) is 19.8 Å². The van der Waals surface area contributed by atoms with Gasteiger partial charge in [-0.2, -0.15) is 0 Å². The van der Waals surface area contributed by atoms with Crippen LogP contribution in [0.15, 0.2) is 59.1 Å². The molecule has 0 fully saturated rings. The standard InChI is InChI=1S/C22H24N4O3/c1-15-7-9-16(10-8-15)19-14-23-21(29-19)12-11-20(27)24-25-22(28)17-5-4-6-18(13-17)26(2)3/h4-10,13-14H,11-12H2,1-3H3,(H,24,27)(H,25,28). The Morgan fingerprint density at radius 2 is 1.83 bits per heavy atom. The van der Waals surface area contributed by atoms with Gasteiger partial charge in [0, 0.05) is 43.8 Å². The number of hydrazine groups is 1. The van der Waals surface area contributed by atoms with Crippen LogP contribution < -0.4 is 15.8 Å². The Morgan fingerprint density at radius 3 is 2.55 bits per heavy atom. The molecule has 2 amide bonds. The number of oxazole rings is 1. The highest BCUT2D eigenvalue weighted by molar-refractivity contribution is 5.96. The van der Waals surface area contributed by atoms with Crippen LogP contribution >= 0.6 is 0 Å². The van der Waals surface area contributed by atoms with E-state index in [9.17, 15) is 9.59 Å². The van der Waals surface area contributed by atoms with Crippen LogP contribution in [-0.2, 0) is 11.2 Å². The Labute approximate surface area is 169 Å². The van der Waals surface area contributed by atoms with Crippen molar-refractivity contribution < 1.29 is 14.0 Å². The Bertz CT molecular complexity index is 993. The average Bonchev–Trinajstić information content (AvgIpc) is 3.20. The maximum absolute atomic E-state index is 12.2. The molecule has 2 N–H and O–H groups in total. The normalized spacial score (nSPS) is 10.4. The van der Waals surface area contributed by atoms with E-state index in [1.54, 1.807) is 24.4 Å². The van der Waals surface area contributed by atoms with E-state index < -0.39 is 0 Å². The summed E-state index contributed by atoms with van der Waals surface area (Å²) in [6.07, 6.45) is 2.13. The molecule has 0 spiro atoms. The van der Waals surface area contributed by atoms with E-state index in [4.69, 9.17) is 4.42 Å². The predicted octanol–water partition coefficient (Wildman–Crippen LogP) is 3.11. The fourth-order valence-electron chi connectivity index (χ4n) is 2.68. The molecule has 0 atom stereocenters. The van der Waals surface area contributed by atoms with Gasteiger partial charge in [0.15, 0.2) is 11.7 Å². The third-order valence-corrected chi connectivity index (χ3v) is 4.40. The molecule has 0 aliphatic heterocycles. The molecule has 7 heteroatoms. The van der Waals surface area contributed by atoms with Gasteiger partial charge in [-0.3, -0.25) is 20.4 Å². The van der Waals surface area contributed by atoms with Crippen LogP contribution in [0.1, 0.15) is 28.2 Å². The van der Waals surface area contributed by atoms with E-state index >= 15 is 0 Å². The Kier molecular flexibility index (Phi) is 6.29. The summed E-state index contributed by atoms with van der Waals surface area (Å²) in [6.45, 7) is 2.02. The van der Waals surface area contributed by atoms with E-state index in [-0.39, 0.29) is 18.2 Å². The number of nitrogens with zero attached hydrogens (tertiary/aromatic N) is 2. The molecule has 29 heavy (non-hydrogen) atoms. The van der Waals surface area contributed by atoms with Gasteiger partial charge in [-0.05, 0) is 25.1 Å². The first-order valence-corrected chi connectivity index (χ1v) is 9.30. The molecule has 3 aromatic rings. The number of carbonyl (C=O) groups is 2. The fraction of sp³-hybridized carbons (Fsp3) is 0.227. The van der Waals surface area contributed by atoms with Crippen molar-refractivity contribution in [3.8, 4) is 11.3 Å². The van der Waals surface area contributed by atoms with Crippen LogP contribution in [0.25, 0.3) is 11.3 Å². The van der Waals surface area contributed by atoms with Gasteiger partial charge >= 0.3 is 0 Å². The van der Waals surface area contributed by atoms with Gasteiger partial charge in [-0.1, -0.05) is 35.9 Å². The lowest BCUT2D eigenvalue weighted by Gasteiger charge is -2.13. The molecule has 3 rings (SSSR count). The summed E-state index contributed by atoms with van der Waals surface area (Å²) >= 11 is 0. The molecule has 0 bridgehead atoms. The lowest BCUT2D eigenvalue weighted by Crippen LogP contribution is -2.41. The Balaban J connectivity index is 1.48. The second-order valence-corrected chi connectivity index (χ2v) is 6.93. The maximum Gasteiger partial charge on any atom is 0.269 e. The van der Waals surface area contributed by atoms with Crippen LogP contribution in [0.2, 0.25) is 0 Å². The van der Waals surface area contributed by atoms with Crippen molar-refractivity contribution in [3.63, 3.8) is 0 Å². The van der Waals surface area contributed by atoms with Crippen LogP contribution in [0.3, 0.4) is 0 Å². The van der Waals surface area contributed by atoms with Crippen LogP contribution in [-0.4, -0.2) is 30.9 Å². The molecule has 0 unspecified atom stereocenters. The fourth-order valence-corrected chi connectivity index (χ4v) is 2.68. The molecule has 1 aromatic heterocycles. The van der Waals surface area contributed by atoms with E-state index in [0.29, 0.717) is 23.6 Å². The SMILES string of the molecule is Cc1ccc(-c2cnc(CCC(=O)NNC(=O)c3cccc(N(C)C)c3)o2)cc1. The average molecular weight is 392 g/mol. The smallest absolute Gasteiger partial charge is 0.269 e. The number of aromatic nitrogens is 1. The quantitative estimate of drug-likeness (QED) is 0.630. The number of anilines is 1. The molecule has 0 radical (unpaired) electrons. The number of benzene rings is 2. The molecule has 150 valence electrons. The molecule has 0 saturated heterocycles. The van der Waals surface area contributed by atoms with Crippen molar-refractivity contribution in [3.05, 3.63) is 71.7 Å². The molecular formula is C22H24N4O3. The molecular weight excluding hydrogens is 368 g/mol. The van der Waals surface area contributed by atoms with Crippen molar-refractivity contribution >= 4 is 17.5 Å². The largest absolute Gasteiger partial charge is 0.441 e. The van der Waals surface area contributed by atoms with Gasteiger partial charge in [-0.15, -0.1) is 0 Å². The Morgan fingerprint density at radius 1 is 1.07 bits per heavy atom. The molecule has 0 aliphatic rings. The van der Waals surface area contributed by atoms with Gasteiger partial charge in [0.05, 0.1) is 6.20 Å². The van der Waals surface area contributed by atoms with Crippen LogP contribution in [0.4, 0.5) is 5.69 Å². The number of carbonyl (C=O) groups excluding carboxylic acids is 2. The first-order chi connectivity index (χ1) is 13.9. The second-order valence-electron chi connectivity index (χ2n) is 6.93. The van der Waals surface area contributed by atoms with E-state index in [1.807, 2.05) is 56.3 Å². The highest BCUT2D eigenvalue weighted by Crippen LogP contribution is 2.21. The zero-order valence-electron chi connectivity index (χ0n) is 16.7. The highest BCUT2D eigenvalue weighted by Gasteiger charge is 2.11. The minimum absolute atomic E-state index is 0.145. The summed E-state index contributed by atoms with van der Waals surface area (Å²) in [5.74, 6) is 0.437. The van der Waals surface area contributed by atoms with Gasteiger partial charge in [-0.25, -0.2) is 4.98 Å². The van der Waals surface area contributed by atoms with Gasteiger partial charge in [0.25, 0.3) is 5.91 Å². The zero-order valence-corrected chi connectivity index (χ0v) is 16.7. The monoisotopic (exact) mass is 392 g/mol. The lowest BCUT2D eigenvalue weighted by atomic mass is 10.1. The summed E-state index contributed by atoms with van der Waals surface area (Å²) in [5, 5.41) is 0. The summed E-state index contributed by atoms with van der Waals surface area (Å²) in [6, 6.07) is 15.1. The summed E-state index contributed by atoms with van der Waals surface area (Å²) < 4.78 is 5.71. The number of hydrogen-bond donors (Lipinski definition) is 2. The van der Waals surface area contributed by atoms with Crippen molar-refractivity contribution in [1.29, 1.82) is 0 Å². The molecule has 0 saturated carbocycles. The van der Waals surface area contributed by atoms with Gasteiger partial charge in [0.2, 0.25) is 5.91 Å². The molecule has 7 nitrogen and oxygen atoms in total. The molecule has 0 aliphatic carbocycles. The van der Waals surface area contributed by atoms with Crippen molar-refractivity contribution in [2.75, 3.05) is 19.0 Å². The van der Waals surface area contributed by atoms with E-state index in [1.165, 1.54) is 5.56 Å².